The third-order valence-electron chi connectivity index (χ3n) is 7.71. The molecule has 0 spiro atoms. The van der Waals surface area contributed by atoms with Gasteiger partial charge in [-0.05, 0) is 67.6 Å². The van der Waals surface area contributed by atoms with Crippen molar-refractivity contribution in [3.63, 3.8) is 0 Å². The third kappa shape index (κ3) is 5.60. The Hall–Kier alpha value is -2.46. The molecule has 1 saturated heterocycles. The third-order valence-corrected chi connectivity index (χ3v) is 8.82. The zero-order valence-corrected chi connectivity index (χ0v) is 25.4. The second-order valence-electron chi connectivity index (χ2n) is 10.8. The van der Waals surface area contributed by atoms with E-state index in [1.54, 1.807) is 12.1 Å². The molecule has 3 aromatic carbocycles. The summed E-state index contributed by atoms with van der Waals surface area (Å²) >= 11 is 6.75. The van der Waals surface area contributed by atoms with Crippen LogP contribution >= 0.6 is 31.9 Å². The monoisotopic (exact) mass is 655 g/mol. The van der Waals surface area contributed by atoms with E-state index in [0.717, 1.165) is 22.3 Å². The van der Waals surface area contributed by atoms with Gasteiger partial charge in [-0.3, -0.25) is 0 Å². The fourth-order valence-corrected chi connectivity index (χ4v) is 6.18. The van der Waals surface area contributed by atoms with Crippen LogP contribution in [0, 0.1) is 5.82 Å². The van der Waals surface area contributed by atoms with Gasteiger partial charge in [0.2, 0.25) is 0 Å². The van der Waals surface area contributed by atoms with Crippen LogP contribution in [0.2, 0.25) is 0 Å². The number of ether oxygens (including phenoxy) is 1. The Balaban J connectivity index is 1.33. The summed E-state index contributed by atoms with van der Waals surface area (Å²) in [7, 11) is -0.779. The largest absolute Gasteiger partial charge is 0.492 e. The van der Waals surface area contributed by atoms with Crippen LogP contribution in [0.25, 0.3) is 17.2 Å². The molecular weight excluding hydrogens is 628 g/mol. The van der Waals surface area contributed by atoms with Crippen molar-refractivity contribution in [3.8, 4) is 11.1 Å². The van der Waals surface area contributed by atoms with E-state index in [-0.39, 0.29) is 19.1 Å². The van der Waals surface area contributed by atoms with Crippen molar-refractivity contribution in [2.75, 3.05) is 13.2 Å². The van der Waals surface area contributed by atoms with Crippen LogP contribution in [0.1, 0.15) is 50.3 Å². The van der Waals surface area contributed by atoms with Crippen LogP contribution in [0.15, 0.2) is 75.1 Å². The normalized spacial score (nSPS) is 17.6. The smallest absolute Gasteiger partial charge is 0.449 e. The van der Waals surface area contributed by atoms with Crippen molar-refractivity contribution in [1.82, 2.24) is 5.32 Å². The van der Waals surface area contributed by atoms with Gasteiger partial charge in [0.25, 0.3) is 0 Å². The van der Waals surface area contributed by atoms with Crippen molar-refractivity contribution >= 4 is 51.1 Å². The molecule has 0 atom stereocenters. The molecule has 0 bridgehead atoms. The molecule has 2 aliphatic rings. The number of alkyl carbamates (subject to hydrolysis) is 1. The highest BCUT2D eigenvalue weighted by atomic mass is 79.9. The molecular formula is C30H29BBr2FNO4. The maximum atomic E-state index is 14.9. The molecule has 9 heteroatoms. The van der Waals surface area contributed by atoms with Crippen molar-refractivity contribution < 1.29 is 23.2 Å². The average molecular weight is 657 g/mol. The van der Waals surface area contributed by atoms with E-state index in [4.69, 9.17) is 14.0 Å². The number of hydrogen-bond acceptors (Lipinski definition) is 4. The van der Waals surface area contributed by atoms with Gasteiger partial charge in [0.05, 0.1) is 11.2 Å². The summed E-state index contributed by atoms with van der Waals surface area (Å²) in [4.78, 5) is 12.9. The number of hydrogen-bond donors (Lipinski definition) is 1. The summed E-state index contributed by atoms with van der Waals surface area (Å²) in [6, 6.07) is 19.5. The van der Waals surface area contributed by atoms with Crippen LogP contribution in [0.4, 0.5) is 9.18 Å². The Kier molecular flexibility index (Phi) is 7.81. The summed E-state index contributed by atoms with van der Waals surface area (Å²) in [5.41, 5.74) is 4.29. The van der Waals surface area contributed by atoms with Crippen molar-refractivity contribution in [3.05, 3.63) is 97.6 Å². The van der Waals surface area contributed by atoms with Crippen molar-refractivity contribution in [1.29, 1.82) is 0 Å². The number of carbonyl (C=O) groups excluding carboxylic acids is 1. The number of fused-ring (bicyclic) bond motifs is 3. The second-order valence-corrected chi connectivity index (χ2v) is 12.5. The highest BCUT2D eigenvalue weighted by molar-refractivity contribution is 9.11. The molecule has 1 fully saturated rings. The van der Waals surface area contributed by atoms with E-state index < -0.39 is 30.2 Å². The number of rotatable bonds is 6. The predicted octanol–water partition coefficient (Wildman–Crippen LogP) is 7.90. The zero-order valence-electron chi connectivity index (χ0n) is 22.2. The molecule has 0 saturated carbocycles. The molecule has 3 aromatic rings. The minimum atomic E-state index is -0.779. The average Bonchev–Trinajstić information content (AvgIpc) is 3.31. The Morgan fingerprint density at radius 2 is 1.56 bits per heavy atom. The molecule has 1 aliphatic heterocycles. The fraction of sp³-hybridized carbons (Fsp3) is 0.300. The van der Waals surface area contributed by atoms with Crippen molar-refractivity contribution in [2.45, 2.75) is 44.8 Å². The number of nitrogens with one attached hydrogen (secondary N) is 1. The molecule has 0 radical (unpaired) electrons. The Bertz CT molecular complexity index is 1370. The molecule has 1 aliphatic carbocycles. The van der Waals surface area contributed by atoms with Gasteiger partial charge in [-0.25, -0.2) is 9.18 Å². The zero-order chi connectivity index (χ0) is 27.9. The first-order valence-corrected chi connectivity index (χ1v) is 14.3. The highest BCUT2D eigenvalue weighted by Crippen LogP contribution is 2.44. The van der Waals surface area contributed by atoms with Gasteiger partial charge in [-0.15, -0.1) is 0 Å². The fourth-order valence-electron chi connectivity index (χ4n) is 4.90. The molecule has 1 N–H and O–H groups in total. The number of amides is 1. The van der Waals surface area contributed by atoms with E-state index in [9.17, 15) is 9.18 Å². The van der Waals surface area contributed by atoms with E-state index >= 15 is 0 Å². The van der Waals surface area contributed by atoms with Crippen LogP contribution in [0.3, 0.4) is 0 Å². The maximum absolute atomic E-state index is 14.9. The quantitative estimate of drug-likeness (QED) is 0.274. The molecule has 39 heavy (non-hydrogen) atoms. The van der Waals surface area contributed by atoms with Gasteiger partial charge >= 0.3 is 13.2 Å². The van der Waals surface area contributed by atoms with E-state index in [1.807, 2.05) is 52.0 Å². The summed E-state index contributed by atoms with van der Waals surface area (Å²) < 4.78 is 34.2. The first kappa shape index (κ1) is 28.1. The minimum absolute atomic E-state index is 0.0472. The lowest BCUT2D eigenvalue weighted by molar-refractivity contribution is 0.00578. The van der Waals surface area contributed by atoms with Crippen LogP contribution in [-0.2, 0) is 14.0 Å². The minimum Gasteiger partial charge on any atom is -0.449 e. The maximum Gasteiger partial charge on any atom is 0.492 e. The van der Waals surface area contributed by atoms with Gasteiger partial charge < -0.3 is 19.4 Å². The standard InChI is InChI=1S/C30H29BBr2FNO4/c1-29(2)30(3,4)39-31(38-29)18(13-24-26(33)14-19(32)15-27(24)34)16-35-28(36)37-17-25-22-11-7-5-9-20(22)21-10-6-8-12-23(21)25/h5-15,25H,16-17H2,1-4H3,(H,35,36). The predicted molar refractivity (Wildman–Crippen MR) is 159 cm³/mol. The highest BCUT2D eigenvalue weighted by Gasteiger charge is 2.52. The lowest BCUT2D eigenvalue weighted by atomic mass is 9.77. The van der Waals surface area contributed by atoms with Crippen LogP contribution < -0.4 is 5.32 Å². The topological polar surface area (TPSA) is 56.8 Å². The summed E-state index contributed by atoms with van der Waals surface area (Å²) in [6.45, 7) is 8.02. The van der Waals surface area contributed by atoms with Gasteiger partial charge in [-0.1, -0.05) is 86.5 Å². The van der Waals surface area contributed by atoms with Gasteiger partial charge in [0.15, 0.2) is 0 Å². The Labute approximate surface area is 245 Å². The van der Waals surface area contributed by atoms with E-state index in [1.165, 1.54) is 6.07 Å². The van der Waals surface area contributed by atoms with Gasteiger partial charge in [-0.2, -0.15) is 0 Å². The first-order chi connectivity index (χ1) is 18.5. The number of halogens is 3. The lowest BCUT2D eigenvalue weighted by Gasteiger charge is -2.32. The van der Waals surface area contributed by atoms with Crippen molar-refractivity contribution in [2.24, 2.45) is 0 Å². The van der Waals surface area contributed by atoms with E-state index in [2.05, 4.69) is 61.4 Å². The molecule has 5 rings (SSSR count). The van der Waals surface area contributed by atoms with Gasteiger partial charge in [0, 0.05) is 27.0 Å². The number of carbonyl (C=O) groups is 1. The molecule has 202 valence electrons. The number of benzene rings is 3. The SMILES string of the molecule is CC1(C)OB(C(=Cc2c(F)cc(Br)cc2Br)CNC(=O)OCC2c3ccccc3-c3ccccc32)OC1(C)C. The summed E-state index contributed by atoms with van der Waals surface area (Å²) in [5, 5.41) is 2.82. The van der Waals surface area contributed by atoms with Crippen LogP contribution in [-0.4, -0.2) is 37.6 Å². The molecule has 1 amide bonds. The lowest BCUT2D eigenvalue weighted by Crippen LogP contribution is -2.41. The summed E-state index contributed by atoms with van der Waals surface area (Å²) in [5.74, 6) is -0.472. The van der Waals surface area contributed by atoms with Gasteiger partial charge in [0.1, 0.15) is 12.4 Å². The summed E-state index contributed by atoms with van der Waals surface area (Å²) in [6.07, 6.45) is 1.08. The second kappa shape index (κ2) is 10.8. The van der Waals surface area contributed by atoms with E-state index in [0.29, 0.717) is 20.0 Å². The molecule has 1 heterocycles. The molecule has 0 aromatic heterocycles. The first-order valence-electron chi connectivity index (χ1n) is 12.8. The molecule has 0 unspecified atom stereocenters. The molecule has 5 nitrogen and oxygen atoms in total. The van der Waals surface area contributed by atoms with Crippen LogP contribution in [0.5, 0.6) is 0 Å². The Morgan fingerprint density at radius 3 is 2.13 bits per heavy atom. The Morgan fingerprint density at radius 1 is 1.00 bits per heavy atom.